The van der Waals surface area contributed by atoms with E-state index in [1.165, 1.54) is 12.1 Å². The Morgan fingerprint density at radius 2 is 2.00 bits per heavy atom. The van der Waals surface area contributed by atoms with Crippen LogP contribution in [-0.4, -0.2) is 48.5 Å². The molecule has 0 aliphatic carbocycles. The molecule has 0 radical (unpaired) electrons. The van der Waals surface area contributed by atoms with Gasteiger partial charge in [-0.3, -0.25) is 0 Å². The van der Waals surface area contributed by atoms with Crippen molar-refractivity contribution in [2.75, 3.05) is 37.8 Å². The van der Waals surface area contributed by atoms with Crippen molar-refractivity contribution < 1.29 is 13.9 Å². The molecule has 1 aromatic carbocycles. The molecule has 0 atom stereocenters. The number of aromatic nitrogens is 2. The lowest BCUT2D eigenvalue weighted by Crippen LogP contribution is -2.54. The van der Waals surface area contributed by atoms with Crippen LogP contribution >= 0.6 is 0 Å². The molecule has 1 spiro atoms. The van der Waals surface area contributed by atoms with Crippen molar-refractivity contribution in [3.8, 4) is 0 Å². The lowest BCUT2D eigenvalue weighted by molar-refractivity contribution is -0.116. The van der Waals surface area contributed by atoms with Gasteiger partial charge in [0.2, 0.25) is 0 Å². The van der Waals surface area contributed by atoms with Crippen LogP contribution in [0, 0.1) is 5.82 Å². The van der Waals surface area contributed by atoms with E-state index in [9.17, 15) is 4.39 Å². The third-order valence-electron chi connectivity index (χ3n) is 4.53. The van der Waals surface area contributed by atoms with Crippen molar-refractivity contribution in [1.82, 2.24) is 9.97 Å². The fourth-order valence-corrected chi connectivity index (χ4v) is 3.34. The van der Waals surface area contributed by atoms with E-state index in [0.29, 0.717) is 6.61 Å². The minimum absolute atomic E-state index is 0.166. The van der Waals surface area contributed by atoms with E-state index in [-0.39, 0.29) is 11.4 Å². The van der Waals surface area contributed by atoms with Crippen LogP contribution in [0.3, 0.4) is 0 Å². The summed E-state index contributed by atoms with van der Waals surface area (Å²) in [6.45, 7) is 3.63. The standard InChI is InChI=1S/C16H18FN3O2/c17-12-1-2-14-13(9-12)15(19-11-18-14)20-5-8-22-16(10-20)3-6-21-7-4-16/h1-2,9,11H,3-8,10H2. The summed E-state index contributed by atoms with van der Waals surface area (Å²) in [5.74, 6) is 0.524. The first kappa shape index (κ1) is 13.8. The van der Waals surface area contributed by atoms with Crippen LogP contribution in [0.1, 0.15) is 12.8 Å². The van der Waals surface area contributed by atoms with Crippen LogP contribution in [0.25, 0.3) is 10.9 Å². The average Bonchev–Trinajstić information content (AvgIpc) is 2.55. The third-order valence-corrected chi connectivity index (χ3v) is 4.53. The Labute approximate surface area is 128 Å². The number of hydrogen-bond acceptors (Lipinski definition) is 5. The van der Waals surface area contributed by atoms with E-state index in [2.05, 4.69) is 14.9 Å². The second-order valence-corrected chi connectivity index (χ2v) is 5.92. The molecule has 5 nitrogen and oxygen atoms in total. The van der Waals surface area contributed by atoms with Crippen LogP contribution in [-0.2, 0) is 9.47 Å². The van der Waals surface area contributed by atoms with Gasteiger partial charge in [0.15, 0.2) is 0 Å². The highest BCUT2D eigenvalue weighted by atomic mass is 19.1. The Hall–Kier alpha value is -1.79. The zero-order valence-electron chi connectivity index (χ0n) is 12.3. The maximum Gasteiger partial charge on any atom is 0.140 e. The summed E-state index contributed by atoms with van der Waals surface area (Å²) in [5.41, 5.74) is 0.597. The SMILES string of the molecule is Fc1ccc2ncnc(N3CCOC4(CCOCC4)C3)c2c1. The first-order valence-electron chi connectivity index (χ1n) is 7.63. The lowest BCUT2D eigenvalue weighted by Gasteiger charge is -2.45. The summed E-state index contributed by atoms with van der Waals surface area (Å²) in [5, 5.41) is 0.756. The van der Waals surface area contributed by atoms with Gasteiger partial charge < -0.3 is 14.4 Å². The van der Waals surface area contributed by atoms with Crippen LogP contribution < -0.4 is 4.90 Å². The number of benzene rings is 1. The number of anilines is 1. The molecule has 6 heteroatoms. The number of ether oxygens (including phenoxy) is 2. The van der Waals surface area contributed by atoms with Crippen molar-refractivity contribution in [1.29, 1.82) is 0 Å². The van der Waals surface area contributed by atoms with Gasteiger partial charge in [0.1, 0.15) is 18.0 Å². The molecular weight excluding hydrogens is 285 g/mol. The van der Waals surface area contributed by atoms with E-state index >= 15 is 0 Å². The van der Waals surface area contributed by atoms with E-state index in [0.717, 1.165) is 55.9 Å². The van der Waals surface area contributed by atoms with Gasteiger partial charge in [-0.05, 0) is 18.2 Å². The minimum atomic E-state index is -0.266. The van der Waals surface area contributed by atoms with E-state index < -0.39 is 0 Å². The summed E-state index contributed by atoms with van der Waals surface area (Å²) >= 11 is 0. The Morgan fingerprint density at radius 3 is 2.86 bits per heavy atom. The average molecular weight is 303 g/mol. The number of fused-ring (bicyclic) bond motifs is 1. The highest BCUT2D eigenvalue weighted by Crippen LogP contribution is 2.33. The first-order valence-corrected chi connectivity index (χ1v) is 7.63. The first-order chi connectivity index (χ1) is 10.8. The molecule has 4 rings (SSSR count). The quantitative estimate of drug-likeness (QED) is 0.808. The number of morpholine rings is 1. The maximum atomic E-state index is 13.6. The molecule has 0 unspecified atom stereocenters. The summed E-state index contributed by atoms with van der Waals surface area (Å²) in [6.07, 6.45) is 3.32. The second kappa shape index (κ2) is 5.44. The van der Waals surface area contributed by atoms with Crippen molar-refractivity contribution in [2.24, 2.45) is 0 Å². The molecule has 2 fully saturated rings. The molecule has 2 saturated heterocycles. The Morgan fingerprint density at radius 1 is 1.14 bits per heavy atom. The second-order valence-electron chi connectivity index (χ2n) is 5.92. The number of nitrogens with zero attached hydrogens (tertiary/aromatic N) is 3. The molecule has 0 saturated carbocycles. The molecular formula is C16H18FN3O2. The summed E-state index contributed by atoms with van der Waals surface area (Å²) in [6, 6.07) is 4.63. The molecule has 2 aliphatic rings. The number of rotatable bonds is 1. The molecule has 0 amide bonds. The van der Waals surface area contributed by atoms with Crippen molar-refractivity contribution in [3.63, 3.8) is 0 Å². The van der Waals surface area contributed by atoms with Crippen LogP contribution in [0.2, 0.25) is 0 Å². The van der Waals surface area contributed by atoms with Crippen molar-refractivity contribution in [3.05, 3.63) is 30.3 Å². The predicted octanol–water partition coefficient (Wildman–Crippen LogP) is 2.15. The lowest BCUT2D eigenvalue weighted by atomic mass is 9.92. The molecule has 2 aliphatic heterocycles. The van der Waals surface area contributed by atoms with Crippen molar-refractivity contribution in [2.45, 2.75) is 18.4 Å². The fraction of sp³-hybridized carbons (Fsp3) is 0.500. The van der Waals surface area contributed by atoms with Gasteiger partial charge >= 0.3 is 0 Å². The Bertz CT molecular complexity index is 683. The monoisotopic (exact) mass is 303 g/mol. The zero-order chi connectivity index (χ0) is 15.0. The predicted molar refractivity (Wildman–Crippen MR) is 80.4 cm³/mol. The Kier molecular flexibility index (Phi) is 3.43. The molecule has 3 heterocycles. The molecule has 1 aromatic heterocycles. The van der Waals surface area contributed by atoms with Crippen molar-refractivity contribution >= 4 is 16.7 Å². The zero-order valence-corrected chi connectivity index (χ0v) is 12.3. The smallest absolute Gasteiger partial charge is 0.140 e. The molecule has 0 N–H and O–H groups in total. The fourth-order valence-electron chi connectivity index (χ4n) is 3.34. The molecule has 22 heavy (non-hydrogen) atoms. The summed E-state index contributed by atoms with van der Waals surface area (Å²) < 4.78 is 25.1. The minimum Gasteiger partial charge on any atom is -0.381 e. The van der Waals surface area contributed by atoms with Gasteiger partial charge in [-0.2, -0.15) is 0 Å². The normalized spacial score (nSPS) is 21.4. The third kappa shape index (κ3) is 2.42. The summed E-state index contributed by atoms with van der Waals surface area (Å²) in [4.78, 5) is 10.8. The largest absolute Gasteiger partial charge is 0.381 e. The van der Waals surface area contributed by atoms with Crippen LogP contribution in [0.15, 0.2) is 24.5 Å². The molecule has 2 aromatic rings. The van der Waals surface area contributed by atoms with Gasteiger partial charge in [0.25, 0.3) is 0 Å². The van der Waals surface area contributed by atoms with Gasteiger partial charge in [-0.25, -0.2) is 14.4 Å². The highest BCUT2D eigenvalue weighted by Gasteiger charge is 2.39. The topological polar surface area (TPSA) is 47.5 Å². The number of hydrogen-bond donors (Lipinski definition) is 0. The van der Waals surface area contributed by atoms with Gasteiger partial charge in [0, 0.05) is 44.5 Å². The molecule has 0 bridgehead atoms. The van der Waals surface area contributed by atoms with Crippen LogP contribution in [0.5, 0.6) is 0 Å². The highest BCUT2D eigenvalue weighted by molar-refractivity contribution is 5.89. The van der Waals surface area contributed by atoms with E-state index in [1.807, 2.05) is 0 Å². The van der Waals surface area contributed by atoms with Gasteiger partial charge in [-0.1, -0.05) is 0 Å². The van der Waals surface area contributed by atoms with Crippen LogP contribution in [0.4, 0.5) is 10.2 Å². The summed E-state index contributed by atoms with van der Waals surface area (Å²) in [7, 11) is 0. The van der Waals surface area contributed by atoms with Gasteiger partial charge in [0.05, 0.1) is 17.7 Å². The number of halogens is 1. The molecule has 116 valence electrons. The Balaban J connectivity index is 1.70. The van der Waals surface area contributed by atoms with E-state index in [1.54, 1.807) is 12.4 Å². The van der Waals surface area contributed by atoms with Gasteiger partial charge in [-0.15, -0.1) is 0 Å². The maximum absolute atomic E-state index is 13.6. The van der Waals surface area contributed by atoms with E-state index in [4.69, 9.17) is 9.47 Å².